The van der Waals surface area contributed by atoms with Crippen LogP contribution in [0.25, 0.3) is 0 Å². The summed E-state index contributed by atoms with van der Waals surface area (Å²) in [7, 11) is -1.81. The van der Waals surface area contributed by atoms with Crippen molar-refractivity contribution in [2.45, 2.75) is 64.3 Å². The molecule has 26 heavy (non-hydrogen) atoms. The molecule has 0 aliphatic rings. The van der Waals surface area contributed by atoms with Crippen LogP contribution in [0, 0.1) is 0 Å². The molecule has 1 atom stereocenters. The van der Waals surface area contributed by atoms with E-state index in [4.69, 9.17) is 39.2 Å². The van der Waals surface area contributed by atoms with E-state index in [9.17, 15) is 0 Å². The van der Waals surface area contributed by atoms with Gasteiger partial charge in [0.25, 0.3) is 0 Å². The fourth-order valence-electron chi connectivity index (χ4n) is 3.14. The molecule has 2 aromatic rings. The van der Waals surface area contributed by atoms with Gasteiger partial charge in [-0.2, -0.15) is 0 Å². The third kappa shape index (κ3) is 5.66. The summed E-state index contributed by atoms with van der Waals surface area (Å²) in [6.07, 6.45) is 7.53. The van der Waals surface area contributed by atoms with Crippen LogP contribution in [0.15, 0.2) is 18.6 Å². The van der Waals surface area contributed by atoms with Crippen LogP contribution >= 0.6 is 46.1 Å². The summed E-state index contributed by atoms with van der Waals surface area (Å²) >= 11 is 20.4. The average Bonchev–Trinajstić information content (AvgIpc) is 3.04. The Morgan fingerprint density at radius 1 is 1.04 bits per heavy atom. The highest BCUT2D eigenvalue weighted by Gasteiger charge is 2.33. The molecule has 0 bridgehead atoms. The SMILES string of the molecule is CC[Si](CC)(CC)OC(CCCc1ncc(Cl)s1)c1c(Cl)cncc1Cl. The Kier molecular flexibility index (Phi) is 8.84. The smallest absolute Gasteiger partial charge is 0.192 e. The molecule has 0 aliphatic carbocycles. The lowest BCUT2D eigenvalue weighted by atomic mass is 10.1. The third-order valence-electron chi connectivity index (χ3n) is 4.92. The van der Waals surface area contributed by atoms with E-state index < -0.39 is 8.32 Å². The summed E-state index contributed by atoms with van der Waals surface area (Å²) in [5.41, 5.74) is 0.868. The van der Waals surface area contributed by atoms with Crippen molar-refractivity contribution in [1.29, 1.82) is 0 Å². The fraction of sp³-hybridized carbons (Fsp3) is 0.556. The zero-order valence-corrected chi connectivity index (χ0v) is 19.5. The van der Waals surface area contributed by atoms with E-state index in [1.165, 1.54) is 11.3 Å². The maximum Gasteiger partial charge on any atom is 0.192 e. The first-order valence-electron chi connectivity index (χ1n) is 9.01. The lowest BCUT2D eigenvalue weighted by molar-refractivity contribution is 0.176. The summed E-state index contributed by atoms with van der Waals surface area (Å²) in [5, 5.41) is 2.20. The van der Waals surface area contributed by atoms with Crippen LogP contribution in [0.4, 0.5) is 0 Å². The van der Waals surface area contributed by atoms with Gasteiger partial charge in [-0.15, -0.1) is 11.3 Å². The van der Waals surface area contributed by atoms with Gasteiger partial charge in [-0.1, -0.05) is 55.6 Å². The van der Waals surface area contributed by atoms with Crippen molar-refractivity contribution < 1.29 is 4.43 Å². The molecule has 0 amide bonds. The molecule has 0 fully saturated rings. The minimum atomic E-state index is -1.81. The van der Waals surface area contributed by atoms with Gasteiger partial charge in [0.05, 0.1) is 27.4 Å². The minimum absolute atomic E-state index is 0.111. The zero-order chi connectivity index (χ0) is 19.2. The minimum Gasteiger partial charge on any atom is -0.410 e. The molecule has 0 saturated carbocycles. The van der Waals surface area contributed by atoms with Crippen LogP contribution in [0.3, 0.4) is 0 Å². The number of aryl methyl sites for hydroxylation is 1. The van der Waals surface area contributed by atoms with Crippen LogP contribution in [0.1, 0.15) is 50.3 Å². The molecule has 2 heterocycles. The van der Waals surface area contributed by atoms with Gasteiger partial charge in [0.1, 0.15) is 4.34 Å². The van der Waals surface area contributed by atoms with Gasteiger partial charge in [-0.3, -0.25) is 4.98 Å². The lowest BCUT2D eigenvalue weighted by Gasteiger charge is -2.34. The molecule has 8 heteroatoms. The first-order chi connectivity index (χ1) is 12.4. The van der Waals surface area contributed by atoms with Crippen LogP contribution in [0.5, 0.6) is 0 Å². The van der Waals surface area contributed by atoms with Crippen molar-refractivity contribution in [2.24, 2.45) is 0 Å². The fourth-order valence-corrected chi connectivity index (χ4v) is 7.58. The predicted octanol–water partition coefficient (Wildman–Crippen LogP) is 7.58. The second-order valence-electron chi connectivity index (χ2n) is 6.32. The molecule has 2 aromatic heterocycles. The first-order valence-corrected chi connectivity index (χ1v) is 13.5. The molecule has 0 radical (unpaired) electrons. The molecule has 0 N–H and O–H groups in total. The summed E-state index contributed by atoms with van der Waals surface area (Å²) in [4.78, 5) is 8.42. The Hall–Kier alpha value is -0.173. The Morgan fingerprint density at radius 3 is 2.15 bits per heavy atom. The highest BCUT2D eigenvalue weighted by atomic mass is 35.5. The summed E-state index contributed by atoms with van der Waals surface area (Å²) in [6.45, 7) is 6.68. The molecular weight excluding hydrogens is 427 g/mol. The molecule has 0 spiro atoms. The van der Waals surface area contributed by atoms with Gasteiger partial charge < -0.3 is 4.43 Å². The number of hydrogen-bond donors (Lipinski definition) is 0. The average molecular weight is 452 g/mol. The third-order valence-corrected chi connectivity index (χ3v) is 11.3. The lowest BCUT2D eigenvalue weighted by Crippen LogP contribution is -2.37. The summed E-state index contributed by atoms with van der Waals surface area (Å²) < 4.78 is 7.50. The van der Waals surface area contributed by atoms with Gasteiger partial charge in [-0.25, -0.2) is 4.98 Å². The van der Waals surface area contributed by atoms with Gasteiger partial charge in [0.2, 0.25) is 0 Å². The van der Waals surface area contributed by atoms with Crippen molar-refractivity contribution in [3.8, 4) is 0 Å². The molecule has 0 aliphatic heterocycles. The molecule has 1 unspecified atom stereocenters. The van der Waals surface area contributed by atoms with Crippen molar-refractivity contribution in [3.63, 3.8) is 0 Å². The molecule has 0 aromatic carbocycles. The number of aromatic nitrogens is 2. The highest BCUT2D eigenvalue weighted by Crippen LogP contribution is 2.39. The van der Waals surface area contributed by atoms with E-state index >= 15 is 0 Å². The van der Waals surface area contributed by atoms with E-state index in [2.05, 4.69) is 30.7 Å². The number of hydrogen-bond acceptors (Lipinski definition) is 4. The molecular formula is C18H25Cl3N2OSSi. The van der Waals surface area contributed by atoms with E-state index in [1.807, 2.05) is 0 Å². The summed E-state index contributed by atoms with van der Waals surface area (Å²) in [6, 6.07) is 3.25. The predicted molar refractivity (Wildman–Crippen MR) is 115 cm³/mol. The van der Waals surface area contributed by atoms with Crippen molar-refractivity contribution in [1.82, 2.24) is 9.97 Å². The van der Waals surface area contributed by atoms with Crippen LogP contribution in [-0.4, -0.2) is 18.3 Å². The van der Waals surface area contributed by atoms with Crippen LogP contribution < -0.4 is 0 Å². The highest BCUT2D eigenvalue weighted by molar-refractivity contribution is 7.15. The largest absolute Gasteiger partial charge is 0.410 e. The van der Waals surface area contributed by atoms with Crippen molar-refractivity contribution in [2.75, 3.05) is 0 Å². The van der Waals surface area contributed by atoms with Crippen molar-refractivity contribution in [3.05, 3.63) is 43.5 Å². The van der Waals surface area contributed by atoms with Crippen LogP contribution in [-0.2, 0) is 10.8 Å². The normalized spacial score (nSPS) is 13.2. The molecule has 0 saturated heterocycles. The number of thiazole rings is 1. The topological polar surface area (TPSA) is 35.0 Å². The number of rotatable bonds is 10. The van der Waals surface area contributed by atoms with E-state index in [0.717, 1.165) is 52.3 Å². The van der Waals surface area contributed by atoms with Gasteiger partial charge in [0.15, 0.2) is 8.32 Å². The monoisotopic (exact) mass is 450 g/mol. The maximum atomic E-state index is 6.78. The number of halogens is 3. The van der Waals surface area contributed by atoms with Crippen molar-refractivity contribution >= 4 is 54.5 Å². The standard InChI is InChI=1S/C18H25Cl3N2OSSi/c1-4-26(5-2,6-3)24-15(18-13(19)10-22-11-14(18)20)8-7-9-17-23-12-16(21)25-17/h10-12,15H,4-9H2,1-3H3. The van der Waals surface area contributed by atoms with Crippen LogP contribution in [0.2, 0.25) is 32.5 Å². The first kappa shape index (κ1) is 22.1. The second kappa shape index (κ2) is 10.4. The molecule has 2 rings (SSSR count). The van der Waals surface area contributed by atoms with Gasteiger partial charge >= 0.3 is 0 Å². The van der Waals surface area contributed by atoms with E-state index in [1.54, 1.807) is 18.6 Å². The Morgan fingerprint density at radius 2 is 1.65 bits per heavy atom. The molecule has 3 nitrogen and oxygen atoms in total. The summed E-state index contributed by atoms with van der Waals surface area (Å²) in [5.74, 6) is 0. The van der Waals surface area contributed by atoms with Gasteiger partial charge in [0, 0.05) is 18.0 Å². The molecule has 144 valence electrons. The second-order valence-corrected chi connectivity index (χ2v) is 13.6. The van der Waals surface area contributed by atoms with Gasteiger partial charge in [-0.05, 0) is 37.4 Å². The Labute approximate surface area is 176 Å². The quantitative estimate of drug-likeness (QED) is 0.349. The zero-order valence-electron chi connectivity index (χ0n) is 15.4. The maximum absolute atomic E-state index is 6.78. The Bertz CT molecular complexity index is 681. The number of pyridine rings is 1. The van der Waals surface area contributed by atoms with E-state index in [0.29, 0.717) is 10.0 Å². The Balaban J connectivity index is 2.20. The van der Waals surface area contributed by atoms with E-state index in [-0.39, 0.29) is 6.10 Å². The number of nitrogens with zero attached hydrogens (tertiary/aromatic N) is 2.